The van der Waals surface area contributed by atoms with Crippen LogP contribution in [0.15, 0.2) is 30.6 Å². The van der Waals surface area contributed by atoms with Crippen molar-refractivity contribution in [3.05, 3.63) is 47.4 Å². The van der Waals surface area contributed by atoms with Crippen molar-refractivity contribution in [3.8, 4) is 6.07 Å². The fraction of sp³-hybridized carbons (Fsp3) is 0.478. The zero-order valence-electron chi connectivity index (χ0n) is 17.5. The Morgan fingerprint density at radius 2 is 2.17 bits per heavy atom. The molecule has 2 aromatic rings. The summed E-state index contributed by atoms with van der Waals surface area (Å²) in [4.78, 5) is 13.3. The zero-order chi connectivity index (χ0) is 21.1. The maximum atomic E-state index is 10.2. The van der Waals surface area contributed by atoms with Crippen molar-refractivity contribution in [3.63, 3.8) is 0 Å². The highest BCUT2D eigenvalue weighted by molar-refractivity contribution is 5.70. The van der Waals surface area contributed by atoms with Crippen LogP contribution < -0.4 is 10.6 Å². The van der Waals surface area contributed by atoms with Gasteiger partial charge in [-0.25, -0.2) is 4.98 Å². The monoisotopic (exact) mass is 404 g/mol. The van der Waals surface area contributed by atoms with Crippen molar-refractivity contribution in [2.45, 2.75) is 58.1 Å². The smallest absolute Gasteiger partial charge is 0.224 e. The molecule has 0 bridgehead atoms. The lowest BCUT2D eigenvalue weighted by atomic mass is 9.73. The van der Waals surface area contributed by atoms with Crippen LogP contribution in [0, 0.1) is 16.7 Å². The summed E-state index contributed by atoms with van der Waals surface area (Å²) in [5.41, 5.74) is 3.88. The maximum absolute atomic E-state index is 10.2. The first-order valence-electron chi connectivity index (χ1n) is 10.5. The molecule has 0 radical (unpaired) electrons. The number of nitrogens with one attached hydrogen (secondary N) is 2. The average Bonchev–Trinajstić information content (AvgIpc) is 3.14. The minimum Gasteiger partial charge on any atom is -0.393 e. The summed E-state index contributed by atoms with van der Waals surface area (Å²) < 4.78 is 0. The van der Waals surface area contributed by atoms with E-state index in [2.05, 4.69) is 57.6 Å². The van der Waals surface area contributed by atoms with Gasteiger partial charge >= 0.3 is 0 Å². The predicted octanol–water partition coefficient (Wildman–Crippen LogP) is 3.54. The van der Waals surface area contributed by atoms with E-state index in [1.165, 1.54) is 11.1 Å². The number of aliphatic hydroxyl groups is 1. The van der Waals surface area contributed by atoms with Gasteiger partial charge in [0.25, 0.3) is 0 Å². The van der Waals surface area contributed by atoms with Gasteiger partial charge in [-0.05, 0) is 54.7 Å². The van der Waals surface area contributed by atoms with E-state index < -0.39 is 0 Å². The molecular weight excluding hydrogens is 376 g/mol. The molecule has 1 fully saturated rings. The Labute approximate surface area is 177 Å². The van der Waals surface area contributed by atoms with E-state index >= 15 is 0 Å². The van der Waals surface area contributed by atoms with E-state index in [1.54, 1.807) is 6.20 Å². The van der Waals surface area contributed by atoms with Gasteiger partial charge in [-0.1, -0.05) is 26.0 Å². The average molecular weight is 405 g/mol. The molecule has 0 saturated heterocycles. The molecule has 3 N–H and O–H groups in total. The van der Waals surface area contributed by atoms with Crippen LogP contribution >= 0.6 is 0 Å². The first-order valence-corrected chi connectivity index (χ1v) is 10.5. The molecule has 2 atom stereocenters. The highest BCUT2D eigenvalue weighted by Crippen LogP contribution is 2.37. The van der Waals surface area contributed by atoms with Gasteiger partial charge in [0.1, 0.15) is 17.5 Å². The van der Waals surface area contributed by atoms with E-state index in [4.69, 9.17) is 0 Å². The third-order valence-corrected chi connectivity index (χ3v) is 6.15. The van der Waals surface area contributed by atoms with Crippen molar-refractivity contribution in [2.75, 3.05) is 17.2 Å². The number of nitrogens with zero attached hydrogens (tertiary/aromatic N) is 4. The number of aromatic nitrogens is 3. The molecule has 7 nitrogen and oxygen atoms in total. The summed E-state index contributed by atoms with van der Waals surface area (Å²) in [7, 11) is 0. The summed E-state index contributed by atoms with van der Waals surface area (Å²) in [5.74, 6) is 1.06. The molecular formula is C23H28N6O. The molecule has 156 valence electrons. The molecule has 2 aromatic heterocycles. The lowest BCUT2D eigenvalue weighted by Crippen LogP contribution is -2.41. The summed E-state index contributed by atoms with van der Waals surface area (Å²) >= 11 is 0. The molecule has 7 heteroatoms. The Hall–Kier alpha value is -2.98. The number of hydrogen-bond acceptors (Lipinski definition) is 7. The molecule has 0 aromatic carbocycles. The minimum atomic E-state index is -0.293. The molecule has 0 spiro atoms. The first kappa shape index (κ1) is 20.3. The second kappa shape index (κ2) is 8.41. The van der Waals surface area contributed by atoms with Gasteiger partial charge in [0.2, 0.25) is 5.95 Å². The zero-order valence-corrected chi connectivity index (χ0v) is 17.5. The molecule has 0 amide bonds. The van der Waals surface area contributed by atoms with Gasteiger partial charge in [-0.15, -0.1) is 0 Å². The SMILES string of the molecule is CC1(C)CC(Nc2nc(NCCC3=CCc4cccnc43)ncc2C#N)CC[C@@H]1O. The molecule has 2 aliphatic rings. The van der Waals surface area contributed by atoms with Crippen LogP contribution in [0.1, 0.15) is 56.4 Å². The quantitative estimate of drug-likeness (QED) is 0.676. The predicted molar refractivity (Wildman–Crippen MR) is 117 cm³/mol. The number of rotatable bonds is 6. The largest absolute Gasteiger partial charge is 0.393 e. The number of pyridine rings is 1. The van der Waals surface area contributed by atoms with E-state index in [1.807, 2.05) is 12.3 Å². The standard InChI is InChI=1S/C23H28N6O/c1-23(2)12-18(7-8-19(23)30)28-21-17(13-24)14-27-22(29-21)26-11-9-16-6-5-15-4-3-10-25-20(15)16/h3-4,6,10,14,18-19,30H,5,7-9,11-12H2,1-2H3,(H2,26,27,28,29)/t18?,19-/m0/s1. The van der Waals surface area contributed by atoms with Gasteiger partial charge < -0.3 is 15.7 Å². The normalized spacial score (nSPS) is 22.0. The van der Waals surface area contributed by atoms with Crippen molar-refractivity contribution in [2.24, 2.45) is 5.41 Å². The van der Waals surface area contributed by atoms with E-state index in [0.29, 0.717) is 23.9 Å². The van der Waals surface area contributed by atoms with Crippen LogP contribution in [0.2, 0.25) is 0 Å². The van der Waals surface area contributed by atoms with Gasteiger partial charge in [0.05, 0.1) is 18.0 Å². The van der Waals surface area contributed by atoms with Gasteiger partial charge in [0.15, 0.2) is 0 Å². The van der Waals surface area contributed by atoms with Crippen LogP contribution in [-0.2, 0) is 6.42 Å². The molecule has 1 unspecified atom stereocenters. The second-order valence-corrected chi connectivity index (χ2v) is 8.82. The van der Waals surface area contributed by atoms with Crippen LogP contribution in [-0.4, -0.2) is 38.7 Å². The Bertz CT molecular complexity index is 993. The van der Waals surface area contributed by atoms with Crippen molar-refractivity contribution >= 4 is 17.3 Å². The maximum Gasteiger partial charge on any atom is 0.224 e. The summed E-state index contributed by atoms with van der Waals surface area (Å²) in [5, 5.41) is 26.3. The lowest BCUT2D eigenvalue weighted by Gasteiger charge is -2.40. The third-order valence-electron chi connectivity index (χ3n) is 6.15. The molecule has 1 saturated carbocycles. The fourth-order valence-electron chi connectivity index (χ4n) is 4.35. The molecule has 0 aliphatic heterocycles. The van der Waals surface area contributed by atoms with Gasteiger partial charge in [-0.3, -0.25) is 4.98 Å². The molecule has 2 aliphatic carbocycles. The first-order chi connectivity index (χ1) is 14.5. The Balaban J connectivity index is 1.39. The molecule has 4 rings (SSSR count). The highest BCUT2D eigenvalue weighted by Gasteiger charge is 2.35. The van der Waals surface area contributed by atoms with Crippen LogP contribution in [0.25, 0.3) is 5.57 Å². The van der Waals surface area contributed by atoms with Crippen molar-refractivity contribution in [1.82, 2.24) is 15.0 Å². The summed E-state index contributed by atoms with van der Waals surface area (Å²) in [6.45, 7) is 4.85. The third kappa shape index (κ3) is 4.29. The number of anilines is 2. The van der Waals surface area contributed by atoms with Crippen LogP contribution in [0.4, 0.5) is 11.8 Å². The van der Waals surface area contributed by atoms with E-state index in [0.717, 1.165) is 37.8 Å². The van der Waals surface area contributed by atoms with Crippen LogP contribution in [0.3, 0.4) is 0 Å². The number of fused-ring (bicyclic) bond motifs is 1. The Morgan fingerprint density at radius 1 is 1.30 bits per heavy atom. The minimum absolute atomic E-state index is 0.157. The topological polar surface area (TPSA) is 107 Å². The molecule has 30 heavy (non-hydrogen) atoms. The number of allylic oxidation sites excluding steroid dienone is 1. The van der Waals surface area contributed by atoms with Crippen molar-refractivity contribution < 1.29 is 5.11 Å². The van der Waals surface area contributed by atoms with Crippen LogP contribution in [0.5, 0.6) is 0 Å². The number of hydrogen-bond donors (Lipinski definition) is 3. The fourth-order valence-corrected chi connectivity index (χ4v) is 4.35. The van der Waals surface area contributed by atoms with Crippen molar-refractivity contribution in [1.29, 1.82) is 5.26 Å². The van der Waals surface area contributed by atoms with Gasteiger partial charge in [0, 0.05) is 18.8 Å². The number of aliphatic hydroxyl groups excluding tert-OH is 1. The Kier molecular flexibility index (Phi) is 5.69. The van der Waals surface area contributed by atoms with Gasteiger partial charge in [-0.2, -0.15) is 10.2 Å². The van der Waals surface area contributed by atoms with E-state index in [-0.39, 0.29) is 17.6 Å². The second-order valence-electron chi connectivity index (χ2n) is 8.82. The highest BCUT2D eigenvalue weighted by atomic mass is 16.3. The number of nitriles is 1. The summed E-state index contributed by atoms with van der Waals surface area (Å²) in [6, 6.07) is 6.43. The Morgan fingerprint density at radius 3 is 2.97 bits per heavy atom. The molecule has 2 heterocycles. The van der Waals surface area contributed by atoms with E-state index in [9.17, 15) is 10.4 Å². The lowest BCUT2D eigenvalue weighted by molar-refractivity contribution is 0.00926. The summed E-state index contributed by atoms with van der Waals surface area (Å²) in [6.07, 6.45) is 9.52.